The van der Waals surface area contributed by atoms with Crippen LogP contribution in [0.15, 0.2) is 22.7 Å². The molecule has 0 unspecified atom stereocenters. The number of nitrogens with zero attached hydrogens (tertiary/aromatic N) is 4. The monoisotopic (exact) mass is 364 g/mol. The van der Waals surface area contributed by atoms with Crippen molar-refractivity contribution < 1.29 is 4.79 Å². The molecule has 130 valence electrons. The number of hydrogen-bond acceptors (Lipinski definition) is 5. The second-order valence-electron chi connectivity index (χ2n) is 6.25. The van der Waals surface area contributed by atoms with E-state index < -0.39 is 0 Å². The first-order chi connectivity index (χ1) is 11.6. The van der Waals surface area contributed by atoms with E-state index >= 15 is 0 Å². The Morgan fingerprint density at radius 1 is 1.33 bits per heavy atom. The molecule has 0 radical (unpaired) electrons. The molecule has 1 aliphatic rings. The van der Waals surface area contributed by atoms with Gasteiger partial charge in [0.2, 0.25) is 5.91 Å². The third-order valence-electron chi connectivity index (χ3n) is 4.58. The summed E-state index contributed by atoms with van der Waals surface area (Å²) in [6.07, 6.45) is 3.43. The molecule has 3 rings (SSSR count). The molecule has 2 aromatic rings. The Bertz CT molecular complexity index is 673. The SMILES string of the molecule is CCn1c(SCC(=O)N2[C@@H](C)CCC[C@@H]2C)nnc1-c1cccs1. The average Bonchev–Trinajstić information content (AvgIpc) is 3.21. The first-order valence-electron chi connectivity index (χ1n) is 8.52. The molecule has 3 heterocycles. The van der Waals surface area contributed by atoms with Crippen LogP contribution in [0.5, 0.6) is 0 Å². The number of carbonyl (C=O) groups excluding carboxylic acids is 1. The number of thiophene rings is 1. The van der Waals surface area contributed by atoms with Gasteiger partial charge in [0.05, 0.1) is 10.6 Å². The molecule has 0 spiro atoms. The number of hydrogen-bond donors (Lipinski definition) is 0. The van der Waals surface area contributed by atoms with Gasteiger partial charge in [-0.2, -0.15) is 0 Å². The highest BCUT2D eigenvalue weighted by molar-refractivity contribution is 7.99. The molecule has 0 N–H and O–H groups in total. The number of thioether (sulfide) groups is 1. The van der Waals surface area contributed by atoms with Crippen LogP contribution in [-0.4, -0.2) is 43.4 Å². The highest BCUT2D eigenvalue weighted by Gasteiger charge is 2.29. The van der Waals surface area contributed by atoms with E-state index in [1.807, 2.05) is 11.4 Å². The lowest BCUT2D eigenvalue weighted by Gasteiger charge is -2.39. The zero-order valence-corrected chi connectivity index (χ0v) is 16.1. The predicted octanol–water partition coefficient (Wildman–Crippen LogP) is 3.91. The van der Waals surface area contributed by atoms with E-state index in [9.17, 15) is 4.79 Å². The van der Waals surface area contributed by atoms with Crippen molar-refractivity contribution in [1.82, 2.24) is 19.7 Å². The minimum atomic E-state index is 0.211. The van der Waals surface area contributed by atoms with Crippen LogP contribution in [0.2, 0.25) is 0 Å². The second-order valence-corrected chi connectivity index (χ2v) is 8.14. The van der Waals surface area contributed by atoms with Crippen molar-refractivity contribution >= 4 is 29.0 Å². The van der Waals surface area contributed by atoms with Crippen molar-refractivity contribution in [2.45, 2.75) is 63.8 Å². The van der Waals surface area contributed by atoms with E-state index in [1.165, 1.54) is 18.2 Å². The summed E-state index contributed by atoms with van der Waals surface area (Å²) in [6, 6.07) is 4.75. The van der Waals surface area contributed by atoms with Crippen LogP contribution in [-0.2, 0) is 11.3 Å². The molecule has 0 aliphatic carbocycles. The summed E-state index contributed by atoms with van der Waals surface area (Å²) in [4.78, 5) is 15.8. The second kappa shape index (κ2) is 7.70. The Kier molecular flexibility index (Phi) is 5.61. The van der Waals surface area contributed by atoms with Crippen molar-refractivity contribution in [3.05, 3.63) is 17.5 Å². The fourth-order valence-corrected chi connectivity index (χ4v) is 4.97. The molecular formula is C17H24N4OS2. The zero-order valence-electron chi connectivity index (χ0n) is 14.4. The number of amides is 1. The Labute approximate surface area is 151 Å². The largest absolute Gasteiger partial charge is 0.337 e. The van der Waals surface area contributed by atoms with Crippen molar-refractivity contribution in [2.24, 2.45) is 0 Å². The summed E-state index contributed by atoms with van der Waals surface area (Å²) in [7, 11) is 0. The lowest BCUT2D eigenvalue weighted by atomic mass is 9.98. The summed E-state index contributed by atoms with van der Waals surface area (Å²) in [6.45, 7) is 7.19. The molecule has 24 heavy (non-hydrogen) atoms. The van der Waals surface area contributed by atoms with E-state index in [1.54, 1.807) is 11.3 Å². The maximum Gasteiger partial charge on any atom is 0.233 e. The molecule has 2 atom stereocenters. The van der Waals surface area contributed by atoms with Crippen LogP contribution >= 0.6 is 23.1 Å². The van der Waals surface area contributed by atoms with Gasteiger partial charge in [-0.3, -0.25) is 4.79 Å². The number of likely N-dealkylation sites (tertiary alicyclic amines) is 1. The third-order valence-corrected chi connectivity index (χ3v) is 6.40. The number of piperidine rings is 1. The number of carbonyl (C=O) groups is 1. The molecule has 0 bridgehead atoms. The number of rotatable bonds is 5. The van der Waals surface area contributed by atoms with Gasteiger partial charge in [0, 0.05) is 18.6 Å². The number of aromatic nitrogens is 3. The molecule has 1 amide bonds. The van der Waals surface area contributed by atoms with E-state index in [0.717, 1.165) is 35.2 Å². The highest BCUT2D eigenvalue weighted by atomic mass is 32.2. The topological polar surface area (TPSA) is 51.0 Å². The maximum absolute atomic E-state index is 12.7. The van der Waals surface area contributed by atoms with Crippen molar-refractivity contribution in [1.29, 1.82) is 0 Å². The van der Waals surface area contributed by atoms with Crippen molar-refractivity contribution in [3.8, 4) is 10.7 Å². The summed E-state index contributed by atoms with van der Waals surface area (Å²) in [5, 5.41) is 11.5. The molecule has 1 saturated heterocycles. The molecule has 7 heteroatoms. The maximum atomic E-state index is 12.7. The molecule has 2 aromatic heterocycles. The van der Waals surface area contributed by atoms with Crippen LogP contribution in [0.1, 0.15) is 40.0 Å². The highest BCUT2D eigenvalue weighted by Crippen LogP contribution is 2.28. The van der Waals surface area contributed by atoms with Gasteiger partial charge in [-0.25, -0.2) is 0 Å². The van der Waals surface area contributed by atoms with Gasteiger partial charge in [0.1, 0.15) is 0 Å². The Balaban J connectivity index is 1.69. The quantitative estimate of drug-likeness (QED) is 0.755. The third kappa shape index (κ3) is 3.52. The van der Waals surface area contributed by atoms with Gasteiger partial charge in [0.25, 0.3) is 0 Å². The van der Waals surface area contributed by atoms with Gasteiger partial charge in [-0.05, 0) is 51.5 Å². The lowest BCUT2D eigenvalue weighted by molar-refractivity contribution is -0.134. The summed E-state index contributed by atoms with van der Waals surface area (Å²) >= 11 is 3.16. The Hall–Kier alpha value is -1.34. The summed E-state index contributed by atoms with van der Waals surface area (Å²) in [5.41, 5.74) is 0. The van der Waals surface area contributed by atoms with Crippen LogP contribution in [0.3, 0.4) is 0 Å². The summed E-state index contributed by atoms with van der Waals surface area (Å²) in [5.74, 6) is 1.53. The van der Waals surface area contributed by atoms with E-state index in [4.69, 9.17) is 0 Å². The van der Waals surface area contributed by atoms with Gasteiger partial charge in [-0.15, -0.1) is 21.5 Å². The zero-order chi connectivity index (χ0) is 17.1. The molecule has 5 nitrogen and oxygen atoms in total. The minimum absolute atomic E-state index is 0.211. The van der Waals surface area contributed by atoms with E-state index in [0.29, 0.717) is 17.8 Å². The summed E-state index contributed by atoms with van der Waals surface area (Å²) < 4.78 is 2.09. The standard InChI is InChI=1S/C17H24N4OS2/c1-4-20-16(14-9-6-10-23-14)18-19-17(20)24-11-15(22)21-12(2)7-5-8-13(21)3/h6,9-10,12-13H,4-5,7-8,11H2,1-3H3/t12-,13-/m0/s1. The van der Waals surface area contributed by atoms with Crippen LogP contribution in [0.4, 0.5) is 0 Å². The van der Waals surface area contributed by atoms with Gasteiger partial charge in [-0.1, -0.05) is 17.8 Å². The molecule has 1 fully saturated rings. The molecular weight excluding hydrogens is 340 g/mol. The van der Waals surface area contributed by atoms with Gasteiger partial charge in [0.15, 0.2) is 11.0 Å². The molecule has 1 aliphatic heterocycles. The fourth-order valence-electron chi connectivity index (χ4n) is 3.38. The van der Waals surface area contributed by atoms with Crippen molar-refractivity contribution in [3.63, 3.8) is 0 Å². The van der Waals surface area contributed by atoms with Crippen LogP contribution in [0.25, 0.3) is 10.7 Å². The Morgan fingerprint density at radius 2 is 2.08 bits per heavy atom. The van der Waals surface area contributed by atoms with Gasteiger partial charge >= 0.3 is 0 Å². The normalized spacial score (nSPS) is 21.2. The molecule has 0 aromatic carbocycles. The smallest absolute Gasteiger partial charge is 0.233 e. The van der Waals surface area contributed by atoms with Gasteiger partial charge < -0.3 is 9.47 Å². The lowest BCUT2D eigenvalue weighted by Crippen LogP contribution is -2.48. The first kappa shape index (κ1) is 17.5. The van der Waals surface area contributed by atoms with E-state index in [-0.39, 0.29) is 5.91 Å². The van der Waals surface area contributed by atoms with Crippen LogP contribution in [0, 0.1) is 0 Å². The fraction of sp³-hybridized carbons (Fsp3) is 0.588. The van der Waals surface area contributed by atoms with Crippen molar-refractivity contribution in [2.75, 3.05) is 5.75 Å². The Morgan fingerprint density at radius 3 is 2.71 bits per heavy atom. The molecule has 0 saturated carbocycles. The average molecular weight is 365 g/mol. The first-order valence-corrected chi connectivity index (χ1v) is 10.4. The van der Waals surface area contributed by atoms with Crippen LogP contribution < -0.4 is 0 Å². The predicted molar refractivity (Wildman–Crippen MR) is 99.4 cm³/mol. The van der Waals surface area contributed by atoms with E-state index in [2.05, 4.69) is 46.5 Å². The minimum Gasteiger partial charge on any atom is -0.337 e.